The lowest BCUT2D eigenvalue weighted by Crippen LogP contribution is -2.41. The molecule has 1 aromatic heterocycles. The monoisotopic (exact) mass is 392 g/mol. The fourth-order valence-electron chi connectivity index (χ4n) is 3.40. The van der Waals surface area contributed by atoms with E-state index >= 15 is 0 Å². The van der Waals surface area contributed by atoms with Gasteiger partial charge in [0.2, 0.25) is 5.91 Å². The summed E-state index contributed by atoms with van der Waals surface area (Å²) in [4.78, 5) is 12.3. The Balaban J connectivity index is 1.63. The summed E-state index contributed by atoms with van der Waals surface area (Å²) >= 11 is 7.40. The Labute approximate surface area is 163 Å². The summed E-state index contributed by atoms with van der Waals surface area (Å²) in [5.41, 5.74) is 0.969. The van der Waals surface area contributed by atoms with Gasteiger partial charge in [-0.2, -0.15) is 0 Å². The summed E-state index contributed by atoms with van der Waals surface area (Å²) in [6.45, 7) is 5.02. The van der Waals surface area contributed by atoms with Crippen LogP contribution < -0.4 is 5.32 Å². The molecule has 1 saturated carbocycles. The molecule has 2 aromatic rings. The molecule has 2 atom stereocenters. The number of hydrogen-bond acceptors (Lipinski definition) is 4. The number of thioether (sulfide) groups is 1. The summed E-state index contributed by atoms with van der Waals surface area (Å²) in [5.74, 6) is 1.80. The summed E-state index contributed by atoms with van der Waals surface area (Å²) in [6, 6.07) is 7.87. The summed E-state index contributed by atoms with van der Waals surface area (Å²) in [7, 11) is 0. The highest BCUT2D eigenvalue weighted by molar-refractivity contribution is 7.99. The standard InChI is InChI=1S/C19H25ClN4OS/c1-3-24-18(14-8-10-15(20)11-9-14)22-23-19(24)26-12-17(25)21-16-7-5-4-6-13(16)2/h8-11,13,16H,3-7,12H2,1-2H3,(H,21,25). The molecular weight excluding hydrogens is 368 g/mol. The quantitative estimate of drug-likeness (QED) is 0.740. The second-order valence-corrected chi connectivity index (χ2v) is 8.16. The van der Waals surface area contributed by atoms with E-state index in [4.69, 9.17) is 11.6 Å². The maximum atomic E-state index is 12.3. The number of nitrogens with one attached hydrogen (secondary N) is 1. The first-order valence-corrected chi connectivity index (χ1v) is 10.6. The zero-order valence-corrected chi connectivity index (χ0v) is 16.8. The maximum Gasteiger partial charge on any atom is 0.230 e. The van der Waals surface area contributed by atoms with Gasteiger partial charge in [0.15, 0.2) is 11.0 Å². The van der Waals surface area contributed by atoms with Crippen LogP contribution in [0.4, 0.5) is 0 Å². The molecule has 0 saturated heterocycles. The first-order chi connectivity index (χ1) is 12.6. The number of benzene rings is 1. The lowest BCUT2D eigenvalue weighted by atomic mass is 9.86. The van der Waals surface area contributed by atoms with Gasteiger partial charge in [0, 0.05) is 23.2 Å². The van der Waals surface area contributed by atoms with Crippen molar-refractivity contribution in [2.45, 2.75) is 57.3 Å². The highest BCUT2D eigenvalue weighted by atomic mass is 35.5. The van der Waals surface area contributed by atoms with Crippen molar-refractivity contribution in [3.8, 4) is 11.4 Å². The molecule has 3 rings (SSSR count). The molecule has 140 valence electrons. The van der Waals surface area contributed by atoms with Crippen molar-refractivity contribution in [3.05, 3.63) is 29.3 Å². The fourth-order valence-corrected chi connectivity index (χ4v) is 4.34. The molecule has 1 N–H and O–H groups in total. The zero-order chi connectivity index (χ0) is 18.5. The molecule has 2 unspecified atom stereocenters. The van der Waals surface area contributed by atoms with E-state index < -0.39 is 0 Å². The molecule has 0 aliphatic heterocycles. The molecule has 0 radical (unpaired) electrons. The second-order valence-electron chi connectivity index (χ2n) is 6.78. The highest BCUT2D eigenvalue weighted by Crippen LogP contribution is 2.26. The largest absolute Gasteiger partial charge is 0.352 e. The van der Waals surface area contributed by atoms with Crippen molar-refractivity contribution < 1.29 is 4.79 Å². The van der Waals surface area contributed by atoms with Crippen LogP contribution in [0.2, 0.25) is 5.02 Å². The van der Waals surface area contributed by atoms with E-state index in [0.717, 1.165) is 29.5 Å². The molecule has 1 fully saturated rings. The van der Waals surface area contributed by atoms with Crippen molar-refractivity contribution in [2.24, 2.45) is 5.92 Å². The van der Waals surface area contributed by atoms with Crippen LogP contribution in [0.1, 0.15) is 39.5 Å². The third-order valence-electron chi connectivity index (χ3n) is 4.93. The number of halogens is 1. The second kappa shape index (κ2) is 8.91. The van der Waals surface area contributed by atoms with Crippen molar-refractivity contribution >= 4 is 29.3 Å². The molecule has 1 aliphatic rings. The van der Waals surface area contributed by atoms with Crippen molar-refractivity contribution in [1.82, 2.24) is 20.1 Å². The number of hydrogen-bond donors (Lipinski definition) is 1. The topological polar surface area (TPSA) is 59.8 Å². The van der Waals surface area contributed by atoms with Gasteiger partial charge in [-0.1, -0.05) is 43.1 Å². The molecule has 0 bridgehead atoms. The maximum absolute atomic E-state index is 12.3. The Morgan fingerprint density at radius 2 is 2.00 bits per heavy atom. The van der Waals surface area contributed by atoms with Gasteiger partial charge in [-0.05, 0) is 49.9 Å². The number of rotatable bonds is 6. The molecule has 26 heavy (non-hydrogen) atoms. The van der Waals surface area contributed by atoms with Crippen LogP contribution in [-0.2, 0) is 11.3 Å². The third-order valence-corrected chi connectivity index (χ3v) is 6.14. The van der Waals surface area contributed by atoms with Gasteiger partial charge in [-0.25, -0.2) is 0 Å². The number of carbonyl (C=O) groups excluding carboxylic acids is 1. The molecular formula is C19H25ClN4OS. The van der Waals surface area contributed by atoms with Crippen LogP contribution in [-0.4, -0.2) is 32.5 Å². The van der Waals surface area contributed by atoms with E-state index in [0.29, 0.717) is 22.7 Å². The Hall–Kier alpha value is -1.53. The van der Waals surface area contributed by atoms with Gasteiger partial charge >= 0.3 is 0 Å². The van der Waals surface area contributed by atoms with Gasteiger partial charge in [0.1, 0.15) is 0 Å². The van der Waals surface area contributed by atoms with E-state index in [1.54, 1.807) is 0 Å². The van der Waals surface area contributed by atoms with Crippen LogP contribution in [0.3, 0.4) is 0 Å². The molecule has 0 spiro atoms. The minimum absolute atomic E-state index is 0.0763. The van der Waals surface area contributed by atoms with Gasteiger partial charge in [0.05, 0.1) is 5.75 Å². The lowest BCUT2D eigenvalue weighted by molar-refractivity contribution is -0.119. The van der Waals surface area contributed by atoms with Gasteiger partial charge < -0.3 is 9.88 Å². The van der Waals surface area contributed by atoms with Gasteiger partial charge in [0.25, 0.3) is 0 Å². The zero-order valence-electron chi connectivity index (χ0n) is 15.2. The minimum Gasteiger partial charge on any atom is -0.352 e. The van der Waals surface area contributed by atoms with Gasteiger partial charge in [-0.3, -0.25) is 4.79 Å². The first-order valence-electron chi connectivity index (χ1n) is 9.19. The lowest BCUT2D eigenvalue weighted by Gasteiger charge is -2.29. The van der Waals surface area contributed by atoms with Crippen LogP contribution in [0.25, 0.3) is 11.4 Å². The summed E-state index contributed by atoms with van der Waals surface area (Å²) in [6.07, 6.45) is 4.77. The highest BCUT2D eigenvalue weighted by Gasteiger charge is 2.23. The predicted molar refractivity (Wildman–Crippen MR) is 106 cm³/mol. The SMILES string of the molecule is CCn1c(SCC(=O)NC2CCCCC2C)nnc1-c1ccc(Cl)cc1. The average molecular weight is 393 g/mol. The number of aromatic nitrogens is 3. The molecule has 1 amide bonds. The Morgan fingerprint density at radius 1 is 1.27 bits per heavy atom. The first kappa shape index (κ1) is 19.2. The van der Waals surface area contributed by atoms with Crippen LogP contribution in [0, 0.1) is 5.92 Å². The predicted octanol–water partition coefficient (Wildman–Crippen LogP) is 4.41. The number of nitrogens with zero attached hydrogens (tertiary/aromatic N) is 3. The average Bonchev–Trinajstić information content (AvgIpc) is 3.05. The van der Waals surface area contributed by atoms with Crippen molar-refractivity contribution in [1.29, 1.82) is 0 Å². The third kappa shape index (κ3) is 4.60. The van der Waals surface area contributed by atoms with E-state index in [1.807, 2.05) is 28.8 Å². The molecule has 7 heteroatoms. The van der Waals surface area contributed by atoms with Crippen LogP contribution in [0.5, 0.6) is 0 Å². The van der Waals surface area contributed by atoms with E-state index in [2.05, 4.69) is 29.4 Å². The molecule has 1 heterocycles. The summed E-state index contributed by atoms with van der Waals surface area (Å²) < 4.78 is 2.03. The molecule has 1 aliphatic carbocycles. The molecule has 5 nitrogen and oxygen atoms in total. The van der Waals surface area contributed by atoms with E-state index in [9.17, 15) is 4.79 Å². The Kier molecular flexibility index (Phi) is 6.59. The molecule has 1 aromatic carbocycles. The Morgan fingerprint density at radius 3 is 2.69 bits per heavy atom. The number of amides is 1. The minimum atomic E-state index is 0.0763. The fraction of sp³-hybridized carbons (Fsp3) is 0.526. The Bertz CT molecular complexity index is 746. The van der Waals surface area contributed by atoms with Crippen molar-refractivity contribution in [2.75, 3.05) is 5.75 Å². The normalized spacial score (nSPS) is 20.1. The summed E-state index contributed by atoms with van der Waals surface area (Å²) in [5, 5.41) is 13.2. The van der Waals surface area contributed by atoms with E-state index in [-0.39, 0.29) is 5.91 Å². The van der Waals surface area contributed by atoms with Gasteiger partial charge in [-0.15, -0.1) is 10.2 Å². The van der Waals surface area contributed by atoms with E-state index in [1.165, 1.54) is 31.0 Å². The smallest absolute Gasteiger partial charge is 0.230 e. The van der Waals surface area contributed by atoms with Crippen LogP contribution in [0.15, 0.2) is 29.4 Å². The van der Waals surface area contributed by atoms with Crippen LogP contribution >= 0.6 is 23.4 Å². The van der Waals surface area contributed by atoms with Crippen molar-refractivity contribution in [3.63, 3.8) is 0 Å². The number of carbonyl (C=O) groups is 1.